The minimum Gasteiger partial charge on any atom is -0.457 e. The van der Waals surface area contributed by atoms with Gasteiger partial charge < -0.3 is 15.4 Å². The van der Waals surface area contributed by atoms with Crippen molar-refractivity contribution >= 4 is 11.8 Å². The molecule has 0 aliphatic carbocycles. The molecule has 3 aromatic rings. The van der Waals surface area contributed by atoms with E-state index in [4.69, 9.17) is 10.5 Å². The largest absolute Gasteiger partial charge is 0.457 e. The first-order valence-electron chi connectivity index (χ1n) is 10.3. The van der Waals surface area contributed by atoms with Gasteiger partial charge in [0.15, 0.2) is 0 Å². The Morgan fingerprint density at radius 3 is 2.52 bits per heavy atom. The number of hydrogen-bond acceptors (Lipinski definition) is 5. The Hall–Kier alpha value is -3.74. The van der Waals surface area contributed by atoms with Crippen LogP contribution in [-0.4, -0.2) is 39.8 Å². The smallest absolute Gasteiger partial charge is 0.253 e. The van der Waals surface area contributed by atoms with E-state index in [0.29, 0.717) is 48.0 Å². The number of aromatic nitrogens is 2. The lowest BCUT2D eigenvalue weighted by Crippen LogP contribution is -2.39. The van der Waals surface area contributed by atoms with Gasteiger partial charge in [0.1, 0.15) is 17.8 Å². The number of ether oxygens (including phenoxy) is 1. The highest BCUT2D eigenvalue weighted by Crippen LogP contribution is 2.25. The van der Waals surface area contributed by atoms with Gasteiger partial charge in [-0.15, -0.1) is 0 Å². The average Bonchev–Trinajstić information content (AvgIpc) is 2.80. The minimum absolute atomic E-state index is 0.00294. The molecule has 2 N–H and O–H groups in total. The number of carbonyl (C=O) groups is 2. The van der Waals surface area contributed by atoms with Crippen molar-refractivity contribution in [2.45, 2.75) is 19.3 Å². The number of piperidine rings is 1. The second-order valence-corrected chi connectivity index (χ2v) is 7.63. The second kappa shape index (κ2) is 9.38. The van der Waals surface area contributed by atoms with E-state index >= 15 is 0 Å². The van der Waals surface area contributed by atoms with Gasteiger partial charge in [0, 0.05) is 24.8 Å². The number of hydrogen-bond donors (Lipinski definition) is 1. The van der Waals surface area contributed by atoms with Crippen molar-refractivity contribution in [3.05, 3.63) is 83.9 Å². The zero-order chi connectivity index (χ0) is 21.6. The summed E-state index contributed by atoms with van der Waals surface area (Å²) in [5.41, 5.74) is 7.08. The van der Waals surface area contributed by atoms with Crippen molar-refractivity contribution in [1.29, 1.82) is 0 Å². The third kappa shape index (κ3) is 5.06. The van der Waals surface area contributed by atoms with E-state index in [9.17, 15) is 9.59 Å². The van der Waals surface area contributed by atoms with Crippen LogP contribution in [0.3, 0.4) is 0 Å². The fraction of sp³-hybridized carbons (Fsp3) is 0.250. The standard InChI is InChI=1S/C24H24N4O3/c25-23(29)21-15-26-16-27-22(21)13-17-9-11-28(12-10-17)24(30)18-5-4-8-20(14-18)31-19-6-2-1-3-7-19/h1-8,14-17H,9-13H2,(H2,25,29). The number of nitrogens with two attached hydrogens (primary N) is 1. The first kappa shape index (κ1) is 20.5. The molecule has 1 aliphatic rings. The van der Waals surface area contributed by atoms with Crippen LogP contribution < -0.4 is 10.5 Å². The number of rotatable bonds is 6. The van der Waals surface area contributed by atoms with Crippen LogP contribution in [0.1, 0.15) is 39.3 Å². The Kier molecular flexibility index (Phi) is 6.21. The third-order valence-corrected chi connectivity index (χ3v) is 5.50. The molecule has 158 valence electrons. The summed E-state index contributed by atoms with van der Waals surface area (Å²) in [4.78, 5) is 34.6. The van der Waals surface area contributed by atoms with Gasteiger partial charge in [-0.3, -0.25) is 9.59 Å². The van der Waals surface area contributed by atoms with Gasteiger partial charge >= 0.3 is 0 Å². The van der Waals surface area contributed by atoms with Crippen LogP contribution in [0.25, 0.3) is 0 Å². The maximum absolute atomic E-state index is 13.0. The molecule has 4 rings (SSSR count). The van der Waals surface area contributed by atoms with Gasteiger partial charge in [0.05, 0.1) is 11.3 Å². The predicted octanol–water partition coefficient (Wildman–Crippen LogP) is 3.46. The summed E-state index contributed by atoms with van der Waals surface area (Å²) >= 11 is 0. The summed E-state index contributed by atoms with van der Waals surface area (Å²) in [6, 6.07) is 16.8. The van der Waals surface area contributed by atoms with E-state index in [1.165, 1.54) is 12.5 Å². The van der Waals surface area contributed by atoms with Gasteiger partial charge in [-0.05, 0) is 55.5 Å². The Balaban J connectivity index is 1.36. The molecule has 7 nitrogen and oxygen atoms in total. The highest BCUT2D eigenvalue weighted by Gasteiger charge is 2.25. The number of amides is 2. The fourth-order valence-corrected chi connectivity index (χ4v) is 3.84. The number of likely N-dealkylation sites (tertiary alicyclic amines) is 1. The normalized spacial score (nSPS) is 14.3. The summed E-state index contributed by atoms with van der Waals surface area (Å²) in [5.74, 6) is 1.19. The fourth-order valence-electron chi connectivity index (χ4n) is 3.84. The lowest BCUT2D eigenvalue weighted by Gasteiger charge is -2.32. The molecule has 0 radical (unpaired) electrons. The van der Waals surface area contributed by atoms with Crippen LogP contribution in [0.2, 0.25) is 0 Å². The van der Waals surface area contributed by atoms with Crippen LogP contribution in [0.5, 0.6) is 11.5 Å². The van der Waals surface area contributed by atoms with E-state index in [2.05, 4.69) is 9.97 Å². The Labute approximate surface area is 180 Å². The molecule has 0 spiro atoms. The van der Waals surface area contributed by atoms with Crippen LogP contribution in [0.15, 0.2) is 67.1 Å². The quantitative estimate of drug-likeness (QED) is 0.663. The lowest BCUT2D eigenvalue weighted by molar-refractivity contribution is 0.0690. The van der Waals surface area contributed by atoms with E-state index in [0.717, 1.165) is 18.6 Å². The molecule has 2 heterocycles. The Morgan fingerprint density at radius 1 is 1.03 bits per heavy atom. The second-order valence-electron chi connectivity index (χ2n) is 7.63. The third-order valence-electron chi connectivity index (χ3n) is 5.50. The summed E-state index contributed by atoms with van der Waals surface area (Å²) in [5, 5.41) is 0. The van der Waals surface area contributed by atoms with E-state index in [1.54, 1.807) is 6.07 Å². The molecule has 1 fully saturated rings. The average molecular weight is 416 g/mol. The maximum Gasteiger partial charge on any atom is 0.253 e. The number of primary amides is 1. The lowest BCUT2D eigenvalue weighted by atomic mass is 9.90. The van der Waals surface area contributed by atoms with Crippen molar-refractivity contribution in [3.8, 4) is 11.5 Å². The molecule has 1 saturated heterocycles. The summed E-state index contributed by atoms with van der Waals surface area (Å²) in [6.07, 6.45) is 5.24. The van der Waals surface area contributed by atoms with Crippen molar-refractivity contribution in [2.24, 2.45) is 11.7 Å². The predicted molar refractivity (Wildman–Crippen MR) is 116 cm³/mol. The molecule has 7 heteroatoms. The number of carbonyl (C=O) groups excluding carboxylic acids is 2. The SMILES string of the molecule is NC(=O)c1cncnc1CC1CCN(C(=O)c2cccc(Oc3ccccc3)c2)CC1. The molecule has 0 unspecified atom stereocenters. The van der Waals surface area contributed by atoms with Gasteiger partial charge in [0.2, 0.25) is 0 Å². The first-order valence-corrected chi connectivity index (χ1v) is 10.3. The molecule has 2 amide bonds. The molecule has 31 heavy (non-hydrogen) atoms. The summed E-state index contributed by atoms with van der Waals surface area (Å²) in [6.45, 7) is 1.31. The maximum atomic E-state index is 13.0. The Morgan fingerprint density at radius 2 is 1.77 bits per heavy atom. The van der Waals surface area contributed by atoms with Crippen LogP contribution in [-0.2, 0) is 6.42 Å². The molecule has 1 aliphatic heterocycles. The summed E-state index contributed by atoms with van der Waals surface area (Å²) < 4.78 is 5.85. The monoisotopic (exact) mass is 416 g/mol. The molecular weight excluding hydrogens is 392 g/mol. The Bertz CT molecular complexity index is 1060. The van der Waals surface area contributed by atoms with Crippen molar-refractivity contribution < 1.29 is 14.3 Å². The highest BCUT2D eigenvalue weighted by atomic mass is 16.5. The number of nitrogens with zero attached hydrogens (tertiary/aromatic N) is 3. The van der Waals surface area contributed by atoms with Gasteiger partial charge in [-0.25, -0.2) is 9.97 Å². The van der Waals surface area contributed by atoms with E-state index in [-0.39, 0.29) is 5.91 Å². The minimum atomic E-state index is -0.513. The summed E-state index contributed by atoms with van der Waals surface area (Å²) in [7, 11) is 0. The molecular formula is C24H24N4O3. The van der Waals surface area contributed by atoms with Gasteiger partial charge in [-0.2, -0.15) is 0 Å². The van der Waals surface area contributed by atoms with Crippen LogP contribution in [0.4, 0.5) is 0 Å². The van der Waals surface area contributed by atoms with Crippen LogP contribution >= 0.6 is 0 Å². The van der Waals surface area contributed by atoms with Crippen LogP contribution in [0, 0.1) is 5.92 Å². The molecule has 0 saturated carbocycles. The van der Waals surface area contributed by atoms with Gasteiger partial charge in [-0.1, -0.05) is 24.3 Å². The molecule has 2 aromatic carbocycles. The molecule has 1 aromatic heterocycles. The number of benzene rings is 2. The topological polar surface area (TPSA) is 98.4 Å². The zero-order valence-corrected chi connectivity index (χ0v) is 17.1. The first-order chi connectivity index (χ1) is 15.1. The van der Waals surface area contributed by atoms with Crippen molar-refractivity contribution in [1.82, 2.24) is 14.9 Å². The molecule has 0 bridgehead atoms. The van der Waals surface area contributed by atoms with E-state index < -0.39 is 5.91 Å². The zero-order valence-electron chi connectivity index (χ0n) is 17.1. The number of para-hydroxylation sites is 1. The van der Waals surface area contributed by atoms with Crippen molar-refractivity contribution in [2.75, 3.05) is 13.1 Å². The van der Waals surface area contributed by atoms with Crippen molar-refractivity contribution in [3.63, 3.8) is 0 Å². The van der Waals surface area contributed by atoms with Gasteiger partial charge in [0.25, 0.3) is 11.8 Å². The highest BCUT2D eigenvalue weighted by molar-refractivity contribution is 5.95. The van der Waals surface area contributed by atoms with E-state index in [1.807, 2.05) is 53.4 Å². The molecule has 0 atom stereocenters.